The SMILES string of the molecule is CC1CCCN(S(=O)(=O)CCl)C1. The Balaban J connectivity index is 2.63. The predicted octanol–water partition coefficient (Wildman–Crippen LogP) is 1.24. The fourth-order valence-corrected chi connectivity index (χ4v) is 2.91. The first kappa shape index (κ1) is 10.3. The lowest BCUT2D eigenvalue weighted by Gasteiger charge is -2.29. The van der Waals surface area contributed by atoms with E-state index in [1.54, 1.807) is 0 Å². The van der Waals surface area contributed by atoms with E-state index < -0.39 is 10.0 Å². The van der Waals surface area contributed by atoms with Crippen molar-refractivity contribution < 1.29 is 8.42 Å². The molecule has 0 aliphatic carbocycles. The number of alkyl halides is 1. The van der Waals surface area contributed by atoms with Crippen molar-refractivity contribution in [3.8, 4) is 0 Å². The summed E-state index contributed by atoms with van der Waals surface area (Å²) in [6.45, 7) is 3.34. The van der Waals surface area contributed by atoms with Crippen molar-refractivity contribution in [1.29, 1.82) is 0 Å². The van der Waals surface area contributed by atoms with Crippen molar-refractivity contribution in [2.24, 2.45) is 5.92 Å². The van der Waals surface area contributed by atoms with Crippen LogP contribution in [0, 0.1) is 5.92 Å². The first-order chi connectivity index (χ1) is 5.56. The standard InChI is InChI=1S/C7H14ClNO2S/c1-7-3-2-4-9(5-7)12(10,11)6-8/h7H,2-6H2,1H3. The van der Waals surface area contributed by atoms with Crippen LogP contribution in [0.3, 0.4) is 0 Å². The summed E-state index contributed by atoms with van der Waals surface area (Å²) in [6.07, 6.45) is 2.07. The summed E-state index contributed by atoms with van der Waals surface area (Å²) < 4.78 is 24.1. The van der Waals surface area contributed by atoms with E-state index in [0.29, 0.717) is 19.0 Å². The number of halogens is 1. The number of hydrogen-bond acceptors (Lipinski definition) is 2. The molecular weight excluding hydrogens is 198 g/mol. The van der Waals surface area contributed by atoms with Gasteiger partial charge >= 0.3 is 0 Å². The third-order valence-corrected chi connectivity index (χ3v) is 4.37. The Morgan fingerprint density at radius 1 is 1.58 bits per heavy atom. The second kappa shape index (κ2) is 3.94. The summed E-state index contributed by atoms with van der Waals surface area (Å²) in [5.74, 6) is 0.469. The molecule has 1 unspecified atom stereocenters. The van der Waals surface area contributed by atoms with E-state index in [-0.39, 0.29) is 5.21 Å². The van der Waals surface area contributed by atoms with Gasteiger partial charge in [-0.15, -0.1) is 11.6 Å². The quantitative estimate of drug-likeness (QED) is 0.645. The van der Waals surface area contributed by atoms with Crippen LogP contribution in [0.2, 0.25) is 0 Å². The van der Waals surface area contributed by atoms with Gasteiger partial charge in [-0.25, -0.2) is 12.7 Å². The van der Waals surface area contributed by atoms with E-state index in [1.807, 2.05) is 0 Å². The van der Waals surface area contributed by atoms with Crippen LogP contribution in [-0.4, -0.2) is 31.0 Å². The van der Waals surface area contributed by atoms with Crippen LogP contribution in [0.25, 0.3) is 0 Å². The molecule has 0 N–H and O–H groups in total. The molecule has 12 heavy (non-hydrogen) atoms. The molecule has 0 radical (unpaired) electrons. The van der Waals surface area contributed by atoms with Crippen LogP contribution in [0.4, 0.5) is 0 Å². The lowest BCUT2D eigenvalue weighted by atomic mass is 10.0. The fourth-order valence-electron chi connectivity index (χ4n) is 1.47. The van der Waals surface area contributed by atoms with Gasteiger partial charge in [-0.2, -0.15) is 0 Å². The average Bonchev–Trinajstić information content (AvgIpc) is 2.05. The number of rotatable bonds is 2. The molecule has 1 rings (SSSR count). The van der Waals surface area contributed by atoms with Crippen molar-refractivity contribution in [2.45, 2.75) is 19.8 Å². The highest BCUT2D eigenvalue weighted by molar-refractivity contribution is 7.90. The highest BCUT2D eigenvalue weighted by Crippen LogP contribution is 2.18. The molecule has 5 heteroatoms. The van der Waals surface area contributed by atoms with Gasteiger partial charge in [0.2, 0.25) is 10.0 Å². The van der Waals surface area contributed by atoms with Crippen LogP contribution in [0.1, 0.15) is 19.8 Å². The van der Waals surface area contributed by atoms with Gasteiger partial charge in [0.1, 0.15) is 5.21 Å². The average molecular weight is 212 g/mol. The van der Waals surface area contributed by atoms with E-state index >= 15 is 0 Å². The van der Waals surface area contributed by atoms with E-state index in [4.69, 9.17) is 11.6 Å². The summed E-state index contributed by atoms with van der Waals surface area (Å²) in [6, 6.07) is 0. The summed E-state index contributed by atoms with van der Waals surface area (Å²) in [4.78, 5) is 0. The Morgan fingerprint density at radius 3 is 2.75 bits per heavy atom. The van der Waals surface area contributed by atoms with Crippen LogP contribution in [0.5, 0.6) is 0 Å². The van der Waals surface area contributed by atoms with Crippen molar-refractivity contribution >= 4 is 21.6 Å². The van der Waals surface area contributed by atoms with Gasteiger partial charge in [0.15, 0.2) is 0 Å². The molecular formula is C7H14ClNO2S. The van der Waals surface area contributed by atoms with E-state index in [2.05, 4.69) is 6.92 Å². The minimum atomic E-state index is -3.16. The molecule has 1 fully saturated rings. The molecule has 3 nitrogen and oxygen atoms in total. The predicted molar refractivity (Wildman–Crippen MR) is 49.6 cm³/mol. The Hall–Kier alpha value is 0.200. The summed E-state index contributed by atoms with van der Waals surface area (Å²) in [7, 11) is -3.16. The van der Waals surface area contributed by atoms with Crippen molar-refractivity contribution in [1.82, 2.24) is 4.31 Å². The molecule has 0 aromatic heterocycles. The smallest absolute Gasteiger partial charge is 0.211 e. The van der Waals surface area contributed by atoms with Crippen LogP contribution < -0.4 is 0 Å². The molecule has 1 atom stereocenters. The molecule has 1 aliphatic heterocycles. The third-order valence-electron chi connectivity index (χ3n) is 2.15. The number of hydrogen-bond donors (Lipinski definition) is 0. The van der Waals surface area contributed by atoms with Crippen molar-refractivity contribution in [3.63, 3.8) is 0 Å². The molecule has 0 aromatic carbocycles. The van der Waals surface area contributed by atoms with Gasteiger partial charge in [-0.3, -0.25) is 0 Å². The van der Waals surface area contributed by atoms with Crippen LogP contribution >= 0.6 is 11.6 Å². The molecule has 1 heterocycles. The topological polar surface area (TPSA) is 37.4 Å². The maximum atomic E-state index is 11.3. The zero-order valence-electron chi connectivity index (χ0n) is 7.16. The van der Waals surface area contributed by atoms with Crippen molar-refractivity contribution in [3.05, 3.63) is 0 Å². The molecule has 72 valence electrons. The highest BCUT2D eigenvalue weighted by Gasteiger charge is 2.25. The maximum absolute atomic E-state index is 11.3. The Bertz CT molecular complexity index is 240. The Morgan fingerprint density at radius 2 is 2.25 bits per heavy atom. The molecule has 0 amide bonds. The summed E-state index contributed by atoms with van der Waals surface area (Å²) in [5, 5.41) is -0.292. The van der Waals surface area contributed by atoms with E-state index in [1.165, 1.54) is 4.31 Å². The van der Waals surface area contributed by atoms with Gasteiger partial charge in [-0.05, 0) is 18.8 Å². The maximum Gasteiger partial charge on any atom is 0.228 e. The number of sulfonamides is 1. The molecule has 1 saturated heterocycles. The normalized spacial score (nSPS) is 27.3. The van der Waals surface area contributed by atoms with Crippen LogP contribution in [-0.2, 0) is 10.0 Å². The van der Waals surface area contributed by atoms with Gasteiger partial charge in [-0.1, -0.05) is 6.92 Å². The molecule has 0 bridgehead atoms. The minimum absolute atomic E-state index is 0.292. The van der Waals surface area contributed by atoms with Gasteiger partial charge in [0.05, 0.1) is 0 Å². The Kier molecular flexibility index (Phi) is 3.37. The number of piperidine rings is 1. The van der Waals surface area contributed by atoms with E-state index in [9.17, 15) is 8.42 Å². The molecule has 0 spiro atoms. The van der Waals surface area contributed by atoms with E-state index in [0.717, 1.165) is 12.8 Å². The largest absolute Gasteiger partial charge is 0.228 e. The molecule has 1 aliphatic rings. The first-order valence-electron chi connectivity index (χ1n) is 4.10. The zero-order chi connectivity index (χ0) is 9.19. The summed E-state index contributed by atoms with van der Waals surface area (Å²) in [5.41, 5.74) is 0. The molecule has 0 saturated carbocycles. The van der Waals surface area contributed by atoms with Gasteiger partial charge in [0.25, 0.3) is 0 Å². The van der Waals surface area contributed by atoms with Gasteiger partial charge < -0.3 is 0 Å². The number of nitrogens with zero attached hydrogens (tertiary/aromatic N) is 1. The van der Waals surface area contributed by atoms with Gasteiger partial charge in [0, 0.05) is 13.1 Å². The first-order valence-corrected chi connectivity index (χ1v) is 6.24. The lowest BCUT2D eigenvalue weighted by Crippen LogP contribution is -2.39. The third kappa shape index (κ3) is 2.34. The molecule has 0 aromatic rings. The fraction of sp³-hybridized carbons (Fsp3) is 1.00. The monoisotopic (exact) mass is 211 g/mol. The van der Waals surface area contributed by atoms with Crippen molar-refractivity contribution in [2.75, 3.05) is 18.3 Å². The van der Waals surface area contributed by atoms with Crippen LogP contribution in [0.15, 0.2) is 0 Å². The second-order valence-electron chi connectivity index (χ2n) is 3.33. The Labute approximate surface area is 78.7 Å². The second-order valence-corrected chi connectivity index (χ2v) is 5.88. The highest BCUT2D eigenvalue weighted by atomic mass is 35.5. The summed E-state index contributed by atoms with van der Waals surface area (Å²) >= 11 is 5.34. The zero-order valence-corrected chi connectivity index (χ0v) is 8.74. The minimum Gasteiger partial charge on any atom is -0.211 e. The lowest BCUT2D eigenvalue weighted by molar-refractivity contribution is 0.282.